The molecule has 14 heavy (non-hydrogen) atoms. The van der Waals surface area contributed by atoms with E-state index in [0.717, 1.165) is 17.2 Å². The summed E-state index contributed by atoms with van der Waals surface area (Å²) < 4.78 is 1.85. The Kier molecular flexibility index (Phi) is 2.04. The van der Waals surface area contributed by atoms with Crippen molar-refractivity contribution in [3.63, 3.8) is 0 Å². The van der Waals surface area contributed by atoms with Crippen LogP contribution in [0.3, 0.4) is 0 Å². The largest absolute Gasteiger partial charge is 0.334 e. The molecule has 68 valence electrons. The molecule has 0 aliphatic rings. The van der Waals surface area contributed by atoms with Crippen LogP contribution >= 0.6 is 0 Å². The smallest absolute Gasteiger partial charge is 0.150 e. The summed E-state index contributed by atoms with van der Waals surface area (Å²) in [5.41, 5.74) is 1.64. The summed E-state index contributed by atoms with van der Waals surface area (Å²) in [5, 5.41) is 9.56. The van der Waals surface area contributed by atoms with Crippen molar-refractivity contribution < 1.29 is 4.79 Å². The average Bonchev–Trinajstić information content (AvgIpc) is 2.61. The monoisotopic (exact) mass is 184 g/mol. The zero-order valence-electron chi connectivity index (χ0n) is 7.47. The highest BCUT2D eigenvalue weighted by Gasteiger charge is 2.00. The van der Waals surface area contributed by atoms with E-state index < -0.39 is 0 Å². The van der Waals surface area contributed by atoms with E-state index in [4.69, 9.17) is 5.26 Å². The number of benzene rings is 1. The third-order valence-electron chi connectivity index (χ3n) is 2.17. The summed E-state index contributed by atoms with van der Waals surface area (Å²) in [6.45, 7) is 0.337. The third kappa shape index (κ3) is 1.27. The predicted octanol–water partition coefficient (Wildman–Crippen LogP) is 1.98. The molecule has 0 fully saturated rings. The van der Waals surface area contributed by atoms with Gasteiger partial charge in [-0.15, -0.1) is 0 Å². The lowest BCUT2D eigenvalue weighted by Crippen LogP contribution is -1.92. The molecule has 1 aromatic carbocycles. The molecule has 0 aliphatic heterocycles. The number of aromatic nitrogens is 1. The molecule has 0 amide bonds. The van der Waals surface area contributed by atoms with Crippen molar-refractivity contribution in [2.24, 2.45) is 0 Å². The maximum atomic E-state index is 10.5. The lowest BCUT2D eigenvalue weighted by molar-refractivity contribution is 0.112. The fraction of sp³-hybridized carbons (Fsp3) is 0.0909. The van der Waals surface area contributed by atoms with Crippen molar-refractivity contribution in [3.05, 3.63) is 36.0 Å². The van der Waals surface area contributed by atoms with E-state index in [-0.39, 0.29) is 0 Å². The molecule has 0 N–H and O–H groups in total. The van der Waals surface area contributed by atoms with Gasteiger partial charge in [0.25, 0.3) is 0 Å². The van der Waals surface area contributed by atoms with E-state index in [1.165, 1.54) is 0 Å². The highest BCUT2D eigenvalue weighted by molar-refractivity contribution is 5.87. The van der Waals surface area contributed by atoms with E-state index in [1.807, 2.05) is 29.0 Å². The SMILES string of the molecule is N#CCn1ccc2cc(C=O)ccc21. The van der Waals surface area contributed by atoms with Crippen molar-refractivity contribution in [3.8, 4) is 6.07 Å². The van der Waals surface area contributed by atoms with Gasteiger partial charge < -0.3 is 4.57 Å². The Morgan fingerprint density at radius 1 is 1.43 bits per heavy atom. The normalized spacial score (nSPS) is 9.93. The van der Waals surface area contributed by atoms with Gasteiger partial charge in [0.1, 0.15) is 12.8 Å². The highest BCUT2D eigenvalue weighted by Crippen LogP contribution is 2.16. The molecule has 0 aliphatic carbocycles. The quantitative estimate of drug-likeness (QED) is 0.670. The first-order valence-corrected chi connectivity index (χ1v) is 4.26. The van der Waals surface area contributed by atoms with Crippen LogP contribution in [0.2, 0.25) is 0 Å². The molecule has 0 radical (unpaired) electrons. The maximum Gasteiger partial charge on any atom is 0.150 e. The van der Waals surface area contributed by atoms with Gasteiger partial charge in [0.15, 0.2) is 0 Å². The second kappa shape index (κ2) is 3.35. The van der Waals surface area contributed by atoms with Crippen molar-refractivity contribution in [2.45, 2.75) is 6.54 Å². The fourth-order valence-electron chi connectivity index (χ4n) is 1.51. The van der Waals surface area contributed by atoms with Crippen molar-refractivity contribution in [2.75, 3.05) is 0 Å². The lowest BCUT2D eigenvalue weighted by Gasteiger charge is -1.98. The van der Waals surface area contributed by atoms with Gasteiger partial charge >= 0.3 is 0 Å². The minimum Gasteiger partial charge on any atom is -0.334 e. The van der Waals surface area contributed by atoms with Gasteiger partial charge in [0, 0.05) is 22.7 Å². The average molecular weight is 184 g/mol. The van der Waals surface area contributed by atoms with Gasteiger partial charge in [-0.25, -0.2) is 0 Å². The third-order valence-corrected chi connectivity index (χ3v) is 2.17. The molecule has 0 atom stereocenters. The molecule has 2 aromatic rings. The van der Waals surface area contributed by atoms with Crippen LogP contribution in [0, 0.1) is 11.3 Å². The first kappa shape index (κ1) is 8.52. The number of carbonyl (C=O) groups is 1. The van der Waals surface area contributed by atoms with Crippen LogP contribution in [-0.4, -0.2) is 10.9 Å². The van der Waals surface area contributed by atoms with Crippen molar-refractivity contribution >= 4 is 17.2 Å². The number of fused-ring (bicyclic) bond motifs is 1. The Balaban J connectivity index is 2.60. The van der Waals surface area contributed by atoms with Gasteiger partial charge in [0.2, 0.25) is 0 Å². The van der Waals surface area contributed by atoms with Crippen LogP contribution in [-0.2, 0) is 6.54 Å². The van der Waals surface area contributed by atoms with Crippen LogP contribution < -0.4 is 0 Å². The highest BCUT2D eigenvalue weighted by atomic mass is 16.1. The molecule has 0 saturated heterocycles. The molecule has 3 heteroatoms. The molecule has 2 rings (SSSR count). The van der Waals surface area contributed by atoms with Crippen molar-refractivity contribution in [1.82, 2.24) is 4.57 Å². The molecule has 3 nitrogen and oxygen atoms in total. The van der Waals surface area contributed by atoms with Gasteiger partial charge in [-0.1, -0.05) is 0 Å². The Bertz CT molecular complexity index is 520. The first-order chi connectivity index (χ1) is 6.85. The van der Waals surface area contributed by atoms with Crippen LogP contribution in [0.4, 0.5) is 0 Å². The standard InChI is InChI=1S/C11H8N2O/c12-4-6-13-5-3-10-7-9(8-14)1-2-11(10)13/h1-3,5,7-8H,6H2. The zero-order chi connectivity index (χ0) is 9.97. The molecule has 1 aromatic heterocycles. The molecule has 1 heterocycles. The van der Waals surface area contributed by atoms with Gasteiger partial charge in [-0.2, -0.15) is 5.26 Å². The van der Waals surface area contributed by atoms with E-state index in [0.29, 0.717) is 12.1 Å². The molecule has 0 unspecified atom stereocenters. The summed E-state index contributed by atoms with van der Waals surface area (Å²) in [6, 6.07) is 9.41. The minimum absolute atomic E-state index is 0.337. The minimum atomic E-state index is 0.337. The number of aldehydes is 1. The summed E-state index contributed by atoms with van der Waals surface area (Å²) in [7, 11) is 0. The van der Waals surface area contributed by atoms with E-state index in [2.05, 4.69) is 6.07 Å². The second-order valence-corrected chi connectivity index (χ2v) is 3.04. The number of nitrogens with zero attached hydrogens (tertiary/aromatic N) is 2. The topological polar surface area (TPSA) is 45.8 Å². The van der Waals surface area contributed by atoms with Gasteiger partial charge in [-0.3, -0.25) is 4.79 Å². The molecule has 0 saturated carbocycles. The van der Waals surface area contributed by atoms with Gasteiger partial charge in [0.05, 0.1) is 6.07 Å². The second-order valence-electron chi connectivity index (χ2n) is 3.04. The van der Waals surface area contributed by atoms with Gasteiger partial charge in [-0.05, 0) is 24.3 Å². The summed E-state index contributed by atoms with van der Waals surface area (Å²) in [6.07, 6.45) is 2.67. The lowest BCUT2D eigenvalue weighted by atomic mass is 10.2. The van der Waals surface area contributed by atoms with Crippen LogP contribution in [0.25, 0.3) is 10.9 Å². The molecule has 0 bridgehead atoms. The van der Waals surface area contributed by atoms with E-state index >= 15 is 0 Å². The summed E-state index contributed by atoms with van der Waals surface area (Å²) in [4.78, 5) is 10.5. The number of rotatable bonds is 2. The van der Waals surface area contributed by atoms with E-state index in [1.54, 1.807) is 6.07 Å². The number of hydrogen-bond acceptors (Lipinski definition) is 2. The Morgan fingerprint density at radius 2 is 2.29 bits per heavy atom. The van der Waals surface area contributed by atoms with Crippen LogP contribution in [0.5, 0.6) is 0 Å². The summed E-state index contributed by atoms with van der Waals surface area (Å²) >= 11 is 0. The number of hydrogen-bond donors (Lipinski definition) is 0. The van der Waals surface area contributed by atoms with Crippen molar-refractivity contribution in [1.29, 1.82) is 5.26 Å². The molecular formula is C11H8N2O. The van der Waals surface area contributed by atoms with Crippen LogP contribution in [0.15, 0.2) is 30.5 Å². The fourth-order valence-corrected chi connectivity index (χ4v) is 1.51. The first-order valence-electron chi connectivity index (χ1n) is 4.26. The zero-order valence-corrected chi connectivity index (χ0v) is 7.47. The van der Waals surface area contributed by atoms with E-state index in [9.17, 15) is 4.79 Å². The number of carbonyl (C=O) groups excluding carboxylic acids is 1. The Hall–Kier alpha value is -2.08. The molecular weight excluding hydrogens is 176 g/mol. The Morgan fingerprint density at radius 3 is 3.00 bits per heavy atom. The predicted molar refractivity (Wildman–Crippen MR) is 52.9 cm³/mol. The van der Waals surface area contributed by atoms with Crippen LogP contribution in [0.1, 0.15) is 10.4 Å². The maximum absolute atomic E-state index is 10.5. The Labute approximate surface area is 81.2 Å². The number of nitriles is 1. The summed E-state index contributed by atoms with van der Waals surface area (Å²) in [5.74, 6) is 0. The molecule has 0 spiro atoms.